The molecule has 6 nitrogen and oxygen atoms in total. The van der Waals surface area contributed by atoms with E-state index in [9.17, 15) is 4.79 Å². The Morgan fingerprint density at radius 2 is 1.96 bits per heavy atom. The third-order valence-electron chi connectivity index (χ3n) is 4.11. The van der Waals surface area contributed by atoms with Gasteiger partial charge < -0.3 is 15.5 Å². The van der Waals surface area contributed by atoms with E-state index in [4.69, 9.17) is 4.99 Å². The van der Waals surface area contributed by atoms with E-state index >= 15 is 0 Å². The Hall–Kier alpha value is -0.830. The van der Waals surface area contributed by atoms with Gasteiger partial charge in [0.2, 0.25) is 5.91 Å². The minimum Gasteiger partial charge on any atom is -0.357 e. The van der Waals surface area contributed by atoms with E-state index in [1.165, 1.54) is 0 Å². The predicted octanol–water partition coefficient (Wildman–Crippen LogP) is 1.43. The van der Waals surface area contributed by atoms with Crippen molar-refractivity contribution in [2.24, 2.45) is 4.99 Å². The number of carbonyl (C=O) groups is 1. The van der Waals surface area contributed by atoms with Gasteiger partial charge in [0.1, 0.15) is 0 Å². The third kappa shape index (κ3) is 7.83. The summed E-state index contributed by atoms with van der Waals surface area (Å²) in [6.45, 7) is 10.0. The van der Waals surface area contributed by atoms with Gasteiger partial charge in [0.25, 0.3) is 0 Å². The number of carbonyl (C=O) groups excluding carboxylic acids is 1. The molecule has 24 heavy (non-hydrogen) atoms. The molecule has 7 heteroatoms. The van der Waals surface area contributed by atoms with Crippen molar-refractivity contribution in [1.82, 2.24) is 20.4 Å². The van der Waals surface area contributed by atoms with Crippen molar-refractivity contribution >= 4 is 35.8 Å². The van der Waals surface area contributed by atoms with E-state index in [1.807, 2.05) is 6.92 Å². The molecular formula is C17H32IN5O. The summed E-state index contributed by atoms with van der Waals surface area (Å²) in [5.74, 6) is 1.17. The summed E-state index contributed by atoms with van der Waals surface area (Å²) in [6, 6.07) is 0.452. The van der Waals surface area contributed by atoms with Gasteiger partial charge >= 0.3 is 0 Å². The molecule has 0 atom stereocenters. The van der Waals surface area contributed by atoms with Crippen LogP contribution in [0, 0.1) is 0 Å². The highest BCUT2D eigenvalue weighted by atomic mass is 127. The molecule has 2 rings (SSSR count). The highest BCUT2D eigenvalue weighted by Gasteiger charge is 2.25. The van der Waals surface area contributed by atoms with Crippen LogP contribution in [0.2, 0.25) is 0 Å². The van der Waals surface area contributed by atoms with Crippen LogP contribution in [0.4, 0.5) is 0 Å². The second-order valence-electron chi connectivity index (χ2n) is 6.20. The lowest BCUT2D eigenvalue weighted by Crippen LogP contribution is -2.54. The smallest absolute Gasteiger partial charge is 0.234 e. The third-order valence-corrected chi connectivity index (χ3v) is 4.11. The fourth-order valence-electron chi connectivity index (χ4n) is 2.66. The summed E-state index contributed by atoms with van der Waals surface area (Å²) in [7, 11) is 0. The van der Waals surface area contributed by atoms with E-state index in [0.29, 0.717) is 12.6 Å². The van der Waals surface area contributed by atoms with Crippen molar-refractivity contribution in [2.75, 3.05) is 45.8 Å². The summed E-state index contributed by atoms with van der Waals surface area (Å²) in [6.07, 6.45) is 7.48. The first-order valence-electron chi connectivity index (χ1n) is 8.89. The summed E-state index contributed by atoms with van der Waals surface area (Å²) in [5.41, 5.74) is 0. The van der Waals surface area contributed by atoms with Gasteiger partial charge in [0, 0.05) is 45.3 Å². The van der Waals surface area contributed by atoms with Gasteiger partial charge in [-0.25, -0.2) is 0 Å². The van der Waals surface area contributed by atoms with Crippen LogP contribution < -0.4 is 10.6 Å². The molecule has 0 spiro atoms. The predicted molar refractivity (Wildman–Crippen MR) is 110 cm³/mol. The first-order chi connectivity index (χ1) is 11.2. The quantitative estimate of drug-likeness (QED) is 0.203. The summed E-state index contributed by atoms with van der Waals surface area (Å²) >= 11 is 0. The number of amides is 1. The van der Waals surface area contributed by atoms with Crippen molar-refractivity contribution in [3.8, 4) is 0 Å². The van der Waals surface area contributed by atoms with Crippen LogP contribution in [0.5, 0.6) is 0 Å². The molecule has 138 valence electrons. The van der Waals surface area contributed by atoms with Crippen LogP contribution in [0.15, 0.2) is 17.1 Å². The number of rotatable bonds is 7. The number of allylic oxidation sites excluding steroid dienone is 1. The first-order valence-corrected chi connectivity index (χ1v) is 8.89. The Labute approximate surface area is 163 Å². The molecule has 0 unspecified atom stereocenters. The second-order valence-corrected chi connectivity index (χ2v) is 6.20. The Balaban J connectivity index is 0.00000288. The molecule has 0 aromatic rings. The van der Waals surface area contributed by atoms with Crippen molar-refractivity contribution in [3.05, 3.63) is 12.2 Å². The maximum absolute atomic E-state index is 11.9. The Kier molecular flexibility index (Phi) is 10.3. The molecule has 1 saturated heterocycles. The van der Waals surface area contributed by atoms with Crippen LogP contribution in [0.25, 0.3) is 0 Å². The van der Waals surface area contributed by atoms with E-state index in [1.54, 1.807) is 0 Å². The standard InChI is InChI=1S/C17H31N5O.HI/c1-3-5-6-9-19-17(18-4-2)22-12-10-21(11-13-22)14-16(23)20-15-7-8-15;/h3,5,15H,4,6-14H2,1-2H3,(H,18,19)(H,20,23);1H/b5-3+;. The summed E-state index contributed by atoms with van der Waals surface area (Å²) in [5, 5.41) is 6.43. The van der Waals surface area contributed by atoms with Crippen molar-refractivity contribution < 1.29 is 4.79 Å². The van der Waals surface area contributed by atoms with Gasteiger partial charge in [0.15, 0.2) is 5.96 Å². The Morgan fingerprint density at radius 3 is 2.54 bits per heavy atom. The number of halogens is 1. The molecule has 0 aromatic heterocycles. The van der Waals surface area contributed by atoms with Crippen LogP contribution in [0.1, 0.15) is 33.1 Å². The fraction of sp³-hybridized carbons (Fsp3) is 0.765. The van der Waals surface area contributed by atoms with Crippen molar-refractivity contribution in [3.63, 3.8) is 0 Å². The molecule has 2 N–H and O–H groups in total. The molecule has 2 fully saturated rings. The van der Waals surface area contributed by atoms with Crippen molar-refractivity contribution in [2.45, 2.75) is 39.2 Å². The largest absolute Gasteiger partial charge is 0.357 e. The van der Waals surface area contributed by atoms with E-state index in [-0.39, 0.29) is 29.9 Å². The monoisotopic (exact) mass is 449 g/mol. The molecule has 0 bridgehead atoms. The van der Waals surface area contributed by atoms with Gasteiger partial charge in [-0.1, -0.05) is 12.2 Å². The number of aliphatic imine (C=N–C) groups is 1. The minimum absolute atomic E-state index is 0. The number of hydrogen-bond acceptors (Lipinski definition) is 3. The van der Waals surface area contributed by atoms with Crippen LogP contribution >= 0.6 is 24.0 Å². The lowest BCUT2D eigenvalue weighted by atomic mass is 10.3. The zero-order chi connectivity index (χ0) is 16.5. The fourth-order valence-corrected chi connectivity index (χ4v) is 2.66. The van der Waals surface area contributed by atoms with Crippen molar-refractivity contribution in [1.29, 1.82) is 0 Å². The lowest BCUT2D eigenvalue weighted by Gasteiger charge is -2.36. The van der Waals surface area contributed by atoms with Gasteiger partial charge in [-0.15, -0.1) is 24.0 Å². The minimum atomic E-state index is 0. The summed E-state index contributed by atoms with van der Waals surface area (Å²) < 4.78 is 0. The number of nitrogens with one attached hydrogen (secondary N) is 2. The van der Waals surface area contributed by atoms with E-state index in [0.717, 1.165) is 64.5 Å². The highest BCUT2D eigenvalue weighted by molar-refractivity contribution is 14.0. The molecule has 2 aliphatic rings. The number of guanidine groups is 1. The zero-order valence-electron chi connectivity index (χ0n) is 15.0. The topological polar surface area (TPSA) is 60.0 Å². The van der Waals surface area contributed by atoms with Gasteiger partial charge in [-0.3, -0.25) is 14.7 Å². The number of piperazine rings is 1. The maximum atomic E-state index is 11.9. The van der Waals surface area contributed by atoms with Gasteiger partial charge in [-0.2, -0.15) is 0 Å². The van der Waals surface area contributed by atoms with Crippen LogP contribution in [0.3, 0.4) is 0 Å². The SMILES string of the molecule is C/C=C/CCN=C(NCC)N1CCN(CC(=O)NC2CC2)CC1.I. The molecular weight excluding hydrogens is 417 g/mol. The summed E-state index contributed by atoms with van der Waals surface area (Å²) in [4.78, 5) is 21.1. The lowest BCUT2D eigenvalue weighted by molar-refractivity contribution is -0.122. The average Bonchev–Trinajstić information content (AvgIpc) is 3.35. The number of nitrogens with zero attached hydrogens (tertiary/aromatic N) is 3. The van der Waals surface area contributed by atoms with E-state index in [2.05, 4.69) is 39.5 Å². The molecule has 1 heterocycles. The molecule has 0 aromatic carbocycles. The van der Waals surface area contributed by atoms with E-state index < -0.39 is 0 Å². The average molecular weight is 449 g/mol. The first kappa shape index (κ1) is 21.2. The molecule has 1 aliphatic heterocycles. The van der Waals surface area contributed by atoms with Gasteiger partial charge in [-0.05, 0) is 33.1 Å². The van der Waals surface area contributed by atoms with Gasteiger partial charge in [0.05, 0.1) is 6.54 Å². The van der Waals surface area contributed by atoms with Crippen LogP contribution in [-0.4, -0.2) is 73.5 Å². The molecule has 1 aliphatic carbocycles. The molecule has 1 saturated carbocycles. The highest BCUT2D eigenvalue weighted by Crippen LogP contribution is 2.18. The zero-order valence-corrected chi connectivity index (χ0v) is 17.3. The Morgan fingerprint density at radius 1 is 1.25 bits per heavy atom. The molecule has 1 amide bonds. The Bertz CT molecular complexity index is 429. The normalized spacial score (nSPS) is 19.2. The number of hydrogen-bond donors (Lipinski definition) is 2. The second kappa shape index (κ2) is 11.7. The maximum Gasteiger partial charge on any atom is 0.234 e. The van der Waals surface area contributed by atoms with Crippen LogP contribution in [-0.2, 0) is 4.79 Å². The molecule has 0 radical (unpaired) electrons.